The maximum absolute atomic E-state index is 10.8. The molecule has 0 rings (SSSR count). The highest BCUT2D eigenvalue weighted by Gasteiger charge is 2.29. The molecular formula is C21H44NO3+. The minimum atomic E-state index is -0.698. The Morgan fingerprint density at radius 1 is 0.800 bits per heavy atom. The van der Waals surface area contributed by atoms with Crippen LogP contribution in [0.2, 0.25) is 0 Å². The molecule has 4 heteroatoms. The summed E-state index contributed by atoms with van der Waals surface area (Å²) in [6.45, 7) is 10.8. The molecule has 0 radical (unpaired) electrons. The standard InChI is InChI=1S/C21H43NO3/c1-4-7-10-11-14-20(23)19-22(16-8-5-2,17-9-6-3)18-13-12-15-21(24)25/h20,23H,4-19H2,1-3H3/p+1. The zero-order valence-electron chi connectivity index (χ0n) is 17.1. The monoisotopic (exact) mass is 358 g/mol. The summed E-state index contributed by atoms with van der Waals surface area (Å²) in [6, 6.07) is 0. The van der Waals surface area contributed by atoms with Crippen LogP contribution in [0.1, 0.15) is 97.8 Å². The highest BCUT2D eigenvalue weighted by Crippen LogP contribution is 2.18. The fraction of sp³-hybridized carbons (Fsp3) is 0.952. The van der Waals surface area contributed by atoms with Gasteiger partial charge in [0, 0.05) is 6.42 Å². The third-order valence-electron chi connectivity index (χ3n) is 5.23. The first-order chi connectivity index (χ1) is 12.0. The molecule has 1 unspecified atom stereocenters. The third-order valence-corrected chi connectivity index (χ3v) is 5.23. The van der Waals surface area contributed by atoms with Crippen LogP contribution in [0.4, 0.5) is 0 Å². The van der Waals surface area contributed by atoms with E-state index < -0.39 is 5.97 Å². The van der Waals surface area contributed by atoms with Crippen LogP contribution in [0, 0.1) is 0 Å². The number of carboxylic acid groups (broad SMARTS) is 1. The van der Waals surface area contributed by atoms with E-state index in [0.717, 1.165) is 56.3 Å². The van der Waals surface area contributed by atoms with Crippen LogP contribution in [-0.2, 0) is 4.79 Å². The van der Waals surface area contributed by atoms with Crippen LogP contribution in [0.15, 0.2) is 0 Å². The van der Waals surface area contributed by atoms with Gasteiger partial charge in [-0.05, 0) is 32.1 Å². The molecule has 0 aliphatic rings. The molecule has 0 heterocycles. The number of quaternary nitrogens is 1. The summed E-state index contributed by atoms with van der Waals surface area (Å²) in [4.78, 5) is 10.8. The van der Waals surface area contributed by atoms with Gasteiger partial charge in [-0.25, -0.2) is 0 Å². The summed E-state index contributed by atoms with van der Waals surface area (Å²) in [6.07, 6.45) is 12.2. The zero-order valence-corrected chi connectivity index (χ0v) is 17.1. The Bertz CT molecular complexity index is 312. The molecular weight excluding hydrogens is 314 g/mol. The molecule has 0 aliphatic carbocycles. The Balaban J connectivity index is 4.69. The largest absolute Gasteiger partial charge is 0.481 e. The van der Waals surface area contributed by atoms with Gasteiger partial charge in [-0.15, -0.1) is 0 Å². The number of aliphatic hydroxyl groups is 1. The van der Waals surface area contributed by atoms with Gasteiger partial charge >= 0.3 is 5.97 Å². The van der Waals surface area contributed by atoms with E-state index in [4.69, 9.17) is 5.11 Å². The Morgan fingerprint density at radius 2 is 1.36 bits per heavy atom. The van der Waals surface area contributed by atoms with Gasteiger partial charge in [-0.2, -0.15) is 0 Å². The molecule has 0 fully saturated rings. The number of unbranched alkanes of at least 4 members (excludes halogenated alkanes) is 6. The minimum absolute atomic E-state index is 0.218. The van der Waals surface area contributed by atoms with E-state index in [1.165, 1.54) is 44.9 Å². The van der Waals surface area contributed by atoms with Crippen molar-refractivity contribution in [2.24, 2.45) is 0 Å². The fourth-order valence-electron chi connectivity index (χ4n) is 3.66. The first kappa shape index (κ1) is 24.4. The number of rotatable bonds is 18. The van der Waals surface area contributed by atoms with E-state index in [0.29, 0.717) is 0 Å². The smallest absolute Gasteiger partial charge is 0.303 e. The molecule has 0 amide bonds. The first-order valence-electron chi connectivity index (χ1n) is 10.7. The normalized spacial score (nSPS) is 13.1. The SMILES string of the molecule is CCCCCCC(O)C[N+](CCCC)(CCCC)CCCCC(=O)O. The molecule has 0 saturated heterocycles. The van der Waals surface area contributed by atoms with Gasteiger partial charge in [0.05, 0.1) is 19.6 Å². The zero-order chi connectivity index (χ0) is 19.0. The van der Waals surface area contributed by atoms with E-state index in [1.807, 2.05) is 0 Å². The van der Waals surface area contributed by atoms with Crippen LogP contribution in [0.3, 0.4) is 0 Å². The maximum Gasteiger partial charge on any atom is 0.303 e. The molecule has 0 aliphatic heterocycles. The Labute approximate surface area is 156 Å². The Morgan fingerprint density at radius 3 is 1.88 bits per heavy atom. The predicted molar refractivity (Wildman–Crippen MR) is 106 cm³/mol. The predicted octanol–water partition coefficient (Wildman–Crippen LogP) is 4.99. The molecule has 25 heavy (non-hydrogen) atoms. The lowest BCUT2D eigenvalue weighted by Gasteiger charge is -2.40. The van der Waals surface area contributed by atoms with E-state index in [-0.39, 0.29) is 12.5 Å². The molecule has 0 spiro atoms. The number of hydrogen-bond donors (Lipinski definition) is 2. The molecule has 150 valence electrons. The lowest BCUT2D eigenvalue weighted by Crippen LogP contribution is -2.54. The second kappa shape index (κ2) is 15.6. The first-order valence-corrected chi connectivity index (χ1v) is 10.7. The lowest BCUT2D eigenvalue weighted by atomic mass is 10.1. The van der Waals surface area contributed by atoms with E-state index in [9.17, 15) is 9.90 Å². The van der Waals surface area contributed by atoms with Crippen molar-refractivity contribution in [1.82, 2.24) is 0 Å². The van der Waals surface area contributed by atoms with E-state index in [2.05, 4.69) is 20.8 Å². The number of carbonyl (C=O) groups is 1. The third kappa shape index (κ3) is 13.3. The van der Waals surface area contributed by atoms with Crippen LogP contribution in [0.5, 0.6) is 0 Å². The highest BCUT2D eigenvalue weighted by molar-refractivity contribution is 5.66. The summed E-state index contributed by atoms with van der Waals surface area (Å²) in [7, 11) is 0. The number of hydrogen-bond acceptors (Lipinski definition) is 2. The van der Waals surface area contributed by atoms with Gasteiger partial charge in [-0.1, -0.05) is 59.3 Å². The summed E-state index contributed by atoms with van der Waals surface area (Å²) in [5, 5.41) is 19.5. The van der Waals surface area contributed by atoms with Crippen molar-refractivity contribution in [2.75, 3.05) is 26.2 Å². The van der Waals surface area contributed by atoms with Gasteiger partial charge < -0.3 is 14.7 Å². The summed E-state index contributed by atoms with van der Waals surface area (Å²) in [5.74, 6) is -0.698. The maximum atomic E-state index is 10.8. The van der Waals surface area contributed by atoms with Crippen molar-refractivity contribution in [3.05, 3.63) is 0 Å². The average Bonchev–Trinajstić information content (AvgIpc) is 2.58. The molecule has 0 aromatic heterocycles. The molecule has 0 bridgehead atoms. The van der Waals surface area contributed by atoms with Crippen molar-refractivity contribution >= 4 is 5.97 Å². The van der Waals surface area contributed by atoms with Crippen LogP contribution < -0.4 is 0 Å². The van der Waals surface area contributed by atoms with E-state index in [1.54, 1.807) is 0 Å². The van der Waals surface area contributed by atoms with Crippen LogP contribution in [0.25, 0.3) is 0 Å². The minimum Gasteiger partial charge on any atom is -0.481 e. The molecule has 0 saturated carbocycles. The second-order valence-corrected chi connectivity index (χ2v) is 7.76. The quantitative estimate of drug-likeness (QED) is 0.268. The number of aliphatic hydroxyl groups excluding tert-OH is 1. The van der Waals surface area contributed by atoms with Crippen molar-refractivity contribution in [3.63, 3.8) is 0 Å². The van der Waals surface area contributed by atoms with Crippen LogP contribution >= 0.6 is 0 Å². The van der Waals surface area contributed by atoms with Crippen molar-refractivity contribution < 1.29 is 19.5 Å². The molecule has 0 aromatic carbocycles. The van der Waals surface area contributed by atoms with Crippen molar-refractivity contribution in [2.45, 2.75) is 104 Å². The summed E-state index contributed by atoms with van der Waals surface area (Å²) in [5.41, 5.74) is 0. The Hall–Kier alpha value is -0.610. The molecule has 0 aromatic rings. The van der Waals surface area contributed by atoms with Gasteiger partial charge in [0.15, 0.2) is 0 Å². The van der Waals surface area contributed by atoms with Crippen molar-refractivity contribution in [1.29, 1.82) is 0 Å². The fourth-order valence-corrected chi connectivity index (χ4v) is 3.66. The number of aliphatic carboxylic acids is 1. The van der Waals surface area contributed by atoms with Gasteiger partial charge in [0.1, 0.15) is 12.6 Å². The van der Waals surface area contributed by atoms with Gasteiger partial charge in [0.25, 0.3) is 0 Å². The number of carboxylic acids is 1. The topological polar surface area (TPSA) is 57.5 Å². The van der Waals surface area contributed by atoms with E-state index >= 15 is 0 Å². The number of nitrogens with zero attached hydrogens (tertiary/aromatic N) is 1. The van der Waals surface area contributed by atoms with Gasteiger partial charge in [-0.3, -0.25) is 4.79 Å². The van der Waals surface area contributed by atoms with Crippen molar-refractivity contribution in [3.8, 4) is 0 Å². The molecule has 1 atom stereocenters. The Kier molecular flexibility index (Phi) is 15.2. The highest BCUT2D eigenvalue weighted by atomic mass is 16.4. The second-order valence-electron chi connectivity index (χ2n) is 7.76. The van der Waals surface area contributed by atoms with Crippen LogP contribution in [-0.4, -0.2) is 52.9 Å². The average molecular weight is 359 g/mol. The summed E-state index contributed by atoms with van der Waals surface area (Å²) >= 11 is 0. The lowest BCUT2D eigenvalue weighted by molar-refractivity contribution is -0.931. The summed E-state index contributed by atoms with van der Waals surface area (Å²) < 4.78 is 0.982. The molecule has 2 N–H and O–H groups in total. The van der Waals surface area contributed by atoms with Gasteiger partial charge in [0.2, 0.25) is 0 Å². The molecule has 4 nitrogen and oxygen atoms in total.